The first-order valence-electron chi connectivity index (χ1n) is 6.61. The van der Waals surface area contributed by atoms with Gasteiger partial charge in [0.1, 0.15) is 12.8 Å². The lowest BCUT2D eigenvalue weighted by atomic mass is 10.1. The largest absolute Gasteiger partial charge is 0.445 e. The van der Waals surface area contributed by atoms with Crippen LogP contribution in [0.2, 0.25) is 0 Å². The quantitative estimate of drug-likeness (QED) is 0.803. The third-order valence-electron chi connectivity index (χ3n) is 3.70. The second kappa shape index (κ2) is 4.98. The number of carbonyl (C=O) groups excluding carboxylic acids is 1. The molecule has 3 rings (SSSR count). The highest BCUT2D eigenvalue weighted by atomic mass is 16.6. The number of hydrogen-bond donors (Lipinski definition) is 0. The predicted octanol–water partition coefficient (Wildman–Crippen LogP) is 2.46. The minimum absolute atomic E-state index is 0.0696. The van der Waals surface area contributed by atoms with Gasteiger partial charge in [-0.15, -0.1) is 0 Å². The van der Waals surface area contributed by atoms with E-state index in [4.69, 9.17) is 4.74 Å². The Morgan fingerprint density at radius 3 is 2.50 bits per heavy atom. The van der Waals surface area contributed by atoms with E-state index in [1.807, 2.05) is 30.3 Å². The molecule has 96 valence electrons. The zero-order valence-corrected chi connectivity index (χ0v) is 10.4. The van der Waals surface area contributed by atoms with Crippen LogP contribution < -0.4 is 4.90 Å². The SMILES string of the molecule is O=C1OCC(N2CCCCC2)N1c1ccccc1. The third kappa shape index (κ3) is 2.08. The lowest BCUT2D eigenvalue weighted by molar-refractivity contribution is 0.135. The first-order valence-corrected chi connectivity index (χ1v) is 6.61. The molecule has 4 heteroatoms. The van der Waals surface area contributed by atoms with Crippen LogP contribution in [0.5, 0.6) is 0 Å². The number of anilines is 1. The number of benzene rings is 1. The number of hydrogen-bond acceptors (Lipinski definition) is 3. The molecule has 4 nitrogen and oxygen atoms in total. The van der Waals surface area contributed by atoms with Crippen LogP contribution in [0.4, 0.5) is 10.5 Å². The second-order valence-electron chi connectivity index (χ2n) is 4.86. The fourth-order valence-corrected chi connectivity index (χ4v) is 2.76. The predicted molar refractivity (Wildman–Crippen MR) is 69.5 cm³/mol. The van der Waals surface area contributed by atoms with E-state index in [1.165, 1.54) is 19.3 Å². The number of piperidine rings is 1. The van der Waals surface area contributed by atoms with Gasteiger partial charge in [-0.1, -0.05) is 24.6 Å². The van der Waals surface area contributed by atoms with Crippen LogP contribution in [0.15, 0.2) is 30.3 Å². The average molecular weight is 246 g/mol. The Morgan fingerprint density at radius 2 is 1.78 bits per heavy atom. The summed E-state index contributed by atoms with van der Waals surface area (Å²) in [5, 5.41) is 0. The van der Waals surface area contributed by atoms with E-state index in [2.05, 4.69) is 4.90 Å². The van der Waals surface area contributed by atoms with Crippen molar-refractivity contribution in [3.63, 3.8) is 0 Å². The number of para-hydroxylation sites is 1. The van der Waals surface area contributed by atoms with Crippen LogP contribution in [0.3, 0.4) is 0 Å². The Balaban J connectivity index is 1.83. The van der Waals surface area contributed by atoms with Crippen molar-refractivity contribution in [3.8, 4) is 0 Å². The fraction of sp³-hybridized carbons (Fsp3) is 0.500. The standard InChI is InChI=1S/C14H18N2O2/c17-14-16(12-7-3-1-4-8-12)13(11-18-14)15-9-5-2-6-10-15/h1,3-4,7-8,13H,2,5-6,9-11H2. The summed E-state index contributed by atoms with van der Waals surface area (Å²) in [7, 11) is 0. The zero-order valence-electron chi connectivity index (χ0n) is 10.4. The molecule has 1 amide bonds. The van der Waals surface area contributed by atoms with E-state index in [1.54, 1.807) is 4.90 Å². The Bertz CT molecular complexity index is 415. The maximum Gasteiger partial charge on any atom is 0.415 e. The normalized spacial score (nSPS) is 25.2. The van der Waals surface area contributed by atoms with Gasteiger partial charge in [0, 0.05) is 18.8 Å². The summed E-state index contributed by atoms with van der Waals surface area (Å²) < 4.78 is 5.23. The number of carbonyl (C=O) groups is 1. The molecule has 0 aliphatic carbocycles. The van der Waals surface area contributed by atoms with Gasteiger partial charge in [0.05, 0.1) is 0 Å². The summed E-state index contributed by atoms with van der Waals surface area (Å²) in [5.74, 6) is 0. The monoisotopic (exact) mass is 246 g/mol. The lowest BCUT2D eigenvalue weighted by Crippen LogP contribution is -2.49. The Hall–Kier alpha value is -1.55. The molecule has 1 unspecified atom stereocenters. The number of ether oxygens (including phenoxy) is 1. The molecule has 0 aromatic heterocycles. The van der Waals surface area contributed by atoms with Crippen LogP contribution in [-0.4, -0.2) is 36.9 Å². The summed E-state index contributed by atoms with van der Waals surface area (Å²) >= 11 is 0. The van der Waals surface area contributed by atoms with Gasteiger partial charge in [-0.25, -0.2) is 4.79 Å². The summed E-state index contributed by atoms with van der Waals surface area (Å²) in [6, 6.07) is 9.79. The lowest BCUT2D eigenvalue weighted by Gasteiger charge is -2.35. The van der Waals surface area contributed by atoms with Crippen LogP contribution in [-0.2, 0) is 4.74 Å². The van der Waals surface area contributed by atoms with Gasteiger partial charge < -0.3 is 4.74 Å². The van der Waals surface area contributed by atoms with Crippen molar-refractivity contribution in [1.29, 1.82) is 0 Å². The van der Waals surface area contributed by atoms with Gasteiger partial charge >= 0.3 is 6.09 Å². The number of rotatable bonds is 2. The van der Waals surface area contributed by atoms with Gasteiger partial charge in [0.2, 0.25) is 0 Å². The van der Waals surface area contributed by atoms with Gasteiger partial charge in [-0.05, 0) is 25.0 Å². The molecule has 1 aromatic rings. The fourth-order valence-electron chi connectivity index (χ4n) is 2.76. The molecule has 0 spiro atoms. The summed E-state index contributed by atoms with van der Waals surface area (Å²) in [5.41, 5.74) is 0.926. The van der Waals surface area contributed by atoms with Crippen molar-refractivity contribution >= 4 is 11.8 Å². The summed E-state index contributed by atoms with van der Waals surface area (Å²) in [6.07, 6.45) is 3.57. The molecule has 2 aliphatic heterocycles. The maximum atomic E-state index is 11.9. The average Bonchev–Trinajstić information content (AvgIpc) is 2.83. The maximum absolute atomic E-state index is 11.9. The molecule has 0 saturated carbocycles. The van der Waals surface area contributed by atoms with Crippen LogP contribution in [0, 0.1) is 0 Å². The first-order chi connectivity index (χ1) is 8.86. The summed E-state index contributed by atoms with van der Waals surface area (Å²) in [4.78, 5) is 16.1. The van der Waals surface area contributed by atoms with Crippen molar-refractivity contribution in [2.45, 2.75) is 25.4 Å². The van der Waals surface area contributed by atoms with E-state index in [-0.39, 0.29) is 12.3 Å². The minimum atomic E-state index is -0.225. The molecular formula is C14H18N2O2. The highest BCUT2D eigenvalue weighted by Crippen LogP contribution is 2.26. The van der Waals surface area contributed by atoms with E-state index < -0.39 is 0 Å². The molecule has 2 fully saturated rings. The van der Waals surface area contributed by atoms with Crippen molar-refractivity contribution in [2.24, 2.45) is 0 Å². The molecule has 18 heavy (non-hydrogen) atoms. The van der Waals surface area contributed by atoms with Gasteiger partial charge in [0.15, 0.2) is 0 Å². The highest BCUT2D eigenvalue weighted by molar-refractivity contribution is 5.90. The number of amides is 1. The van der Waals surface area contributed by atoms with Crippen LogP contribution >= 0.6 is 0 Å². The van der Waals surface area contributed by atoms with Gasteiger partial charge in [-0.2, -0.15) is 0 Å². The van der Waals surface area contributed by atoms with E-state index in [9.17, 15) is 4.79 Å². The molecule has 1 aromatic carbocycles. The zero-order chi connectivity index (χ0) is 12.4. The highest BCUT2D eigenvalue weighted by Gasteiger charge is 2.38. The molecule has 0 N–H and O–H groups in total. The van der Waals surface area contributed by atoms with Gasteiger partial charge in [-0.3, -0.25) is 9.80 Å². The molecule has 2 aliphatic rings. The van der Waals surface area contributed by atoms with Crippen molar-refractivity contribution in [1.82, 2.24) is 4.90 Å². The number of nitrogens with zero attached hydrogens (tertiary/aromatic N) is 2. The van der Waals surface area contributed by atoms with Crippen LogP contribution in [0.25, 0.3) is 0 Å². The van der Waals surface area contributed by atoms with E-state index in [0.717, 1.165) is 18.8 Å². The topological polar surface area (TPSA) is 32.8 Å². The number of likely N-dealkylation sites (tertiary alicyclic amines) is 1. The van der Waals surface area contributed by atoms with Crippen molar-refractivity contribution < 1.29 is 9.53 Å². The summed E-state index contributed by atoms with van der Waals surface area (Å²) in [6.45, 7) is 2.60. The first kappa shape index (κ1) is 11.5. The van der Waals surface area contributed by atoms with E-state index in [0.29, 0.717) is 6.61 Å². The Kier molecular flexibility index (Phi) is 3.19. The van der Waals surface area contributed by atoms with Crippen LogP contribution in [0.1, 0.15) is 19.3 Å². The smallest absolute Gasteiger partial charge is 0.415 e. The molecular weight excluding hydrogens is 228 g/mol. The van der Waals surface area contributed by atoms with Gasteiger partial charge in [0.25, 0.3) is 0 Å². The van der Waals surface area contributed by atoms with E-state index >= 15 is 0 Å². The molecule has 0 bridgehead atoms. The molecule has 2 heterocycles. The molecule has 1 atom stereocenters. The minimum Gasteiger partial charge on any atom is -0.445 e. The second-order valence-corrected chi connectivity index (χ2v) is 4.86. The van der Waals surface area contributed by atoms with Crippen molar-refractivity contribution in [3.05, 3.63) is 30.3 Å². The van der Waals surface area contributed by atoms with Crippen molar-refractivity contribution in [2.75, 3.05) is 24.6 Å². The molecule has 0 radical (unpaired) electrons. The molecule has 2 saturated heterocycles. The Morgan fingerprint density at radius 1 is 1.06 bits per heavy atom. The third-order valence-corrected chi connectivity index (χ3v) is 3.70. The number of cyclic esters (lactones) is 1. The Labute approximate surface area is 107 Å².